The smallest absolute Gasteiger partial charge is 0.134 e. The van der Waals surface area contributed by atoms with Gasteiger partial charge in [-0.3, -0.25) is 0 Å². The van der Waals surface area contributed by atoms with Crippen LogP contribution in [0, 0.1) is 6.92 Å². The molecule has 1 atom stereocenters. The van der Waals surface area contributed by atoms with Crippen LogP contribution in [-0.2, 0) is 0 Å². The van der Waals surface area contributed by atoms with Gasteiger partial charge in [0.2, 0.25) is 0 Å². The van der Waals surface area contributed by atoms with Gasteiger partial charge >= 0.3 is 0 Å². The summed E-state index contributed by atoms with van der Waals surface area (Å²) in [6, 6.07) is 2.58. The maximum atomic E-state index is 4.53. The highest BCUT2D eigenvalue weighted by atomic mass is 15.3. The van der Waals surface area contributed by atoms with E-state index in [9.17, 15) is 0 Å². The molecule has 2 rings (SSSR count). The van der Waals surface area contributed by atoms with Crippen LogP contribution >= 0.6 is 0 Å². The Morgan fingerprint density at radius 1 is 1.41 bits per heavy atom. The van der Waals surface area contributed by atoms with E-state index >= 15 is 0 Å². The van der Waals surface area contributed by atoms with E-state index in [0.717, 1.165) is 37.1 Å². The third-order valence-electron chi connectivity index (χ3n) is 2.96. The fourth-order valence-corrected chi connectivity index (χ4v) is 2.07. The van der Waals surface area contributed by atoms with Crippen LogP contribution in [0.4, 0.5) is 11.6 Å². The lowest BCUT2D eigenvalue weighted by molar-refractivity contribution is 0.482. The van der Waals surface area contributed by atoms with Gasteiger partial charge in [0, 0.05) is 45.8 Å². The van der Waals surface area contributed by atoms with Crippen molar-refractivity contribution >= 4 is 11.6 Å². The fraction of sp³-hybridized carbons (Fsp3) is 0.667. The van der Waals surface area contributed by atoms with E-state index in [-0.39, 0.29) is 0 Å². The number of piperazine rings is 1. The molecule has 0 bridgehead atoms. The Labute approximate surface area is 103 Å². The maximum absolute atomic E-state index is 4.53. The zero-order valence-corrected chi connectivity index (χ0v) is 11.1. The number of anilines is 2. The minimum absolute atomic E-state index is 0.516. The van der Waals surface area contributed by atoms with Crippen molar-refractivity contribution in [3.05, 3.63) is 11.9 Å². The van der Waals surface area contributed by atoms with Crippen molar-refractivity contribution in [1.29, 1.82) is 0 Å². The predicted molar refractivity (Wildman–Crippen MR) is 70.8 cm³/mol. The molecule has 2 heterocycles. The van der Waals surface area contributed by atoms with Crippen LogP contribution in [0.2, 0.25) is 0 Å². The molecule has 1 aliphatic rings. The van der Waals surface area contributed by atoms with Gasteiger partial charge in [-0.15, -0.1) is 0 Å². The van der Waals surface area contributed by atoms with Crippen molar-refractivity contribution < 1.29 is 0 Å². The van der Waals surface area contributed by atoms with Crippen LogP contribution < -0.4 is 15.1 Å². The molecule has 0 radical (unpaired) electrons. The normalized spacial score (nSPS) is 20.5. The van der Waals surface area contributed by atoms with Crippen LogP contribution in [0.3, 0.4) is 0 Å². The van der Waals surface area contributed by atoms with Crippen LogP contribution in [0.1, 0.15) is 12.7 Å². The second kappa shape index (κ2) is 4.87. The average molecular weight is 235 g/mol. The molecule has 0 spiro atoms. The maximum Gasteiger partial charge on any atom is 0.134 e. The van der Waals surface area contributed by atoms with E-state index in [2.05, 4.69) is 33.2 Å². The Morgan fingerprint density at radius 3 is 2.82 bits per heavy atom. The van der Waals surface area contributed by atoms with Crippen molar-refractivity contribution in [3.63, 3.8) is 0 Å². The molecule has 1 aromatic rings. The molecule has 0 aromatic carbocycles. The summed E-state index contributed by atoms with van der Waals surface area (Å²) in [6.07, 6.45) is 0. The summed E-state index contributed by atoms with van der Waals surface area (Å²) in [6.45, 7) is 7.17. The second-order valence-corrected chi connectivity index (χ2v) is 4.83. The van der Waals surface area contributed by atoms with E-state index in [1.165, 1.54) is 0 Å². The first-order chi connectivity index (χ1) is 8.06. The van der Waals surface area contributed by atoms with Crippen LogP contribution in [0.15, 0.2) is 6.07 Å². The molecular weight excluding hydrogens is 214 g/mol. The number of aryl methyl sites for hydroxylation is 1. The van der Waals surface area contributed by atoms with Crippen LogP contribution in [0.5, 0.6) is 0 Å². The van der Waals surface area contributed by atoms with E-state index in [1.807, 2.05) is 25.9 Å². The topological polar surface area (TPSA) is 44.3 Å². The van der Waals surface area contributed by atoms with Crippen molar-refractivity contribution in [2.24, 2.45) is 0 Å². The molecule has 1 aliphatic heterocycles. The molecule has 5 nitrogen and oxygen atoms in total. The van der Waals surface area contributed by atoms with Gasteiger partial charge in [0.1, 0.15) is 17.5 Å². The van der Waals surface area contributed by atoms with Crippen molar-refractivity contribution in [3.8, 4) is 0 Å². The van der Waals surface area contributed by atoms with E-state index < -0.39 is 0 Å². The third kappa shape index (κ3) is 2.85. The Kier molecular flexibility index (Phi) is 3.47. The van der Waals surface area contributed by atoms with Crippen molar-refractivity contribution in [2.75, 3.05) is 43.5 Å². The lowest BCUT2D eigenvalue weighted by Gasteiger charge is -2.33. The van der Waals surface area contributed by atoms with Gasteiger partial charge in [-0.25, -0.2) is 9.97 Å². The van der Waals surface area contributed by atoms with Gasteiger partial charge in [-0.05, 0) is 13.8 Å². The first-order valence-corrected chi connectivity index (χ1v) is 6.07. The fourth-order valence-electron chi connectivity index (χ4n) is 2.07. The second-order valence-electron chi connectivity index (χ2n) is 4.83. The minimum Gasteiger partial charge on any atom is -0.363 e. The number of hydrogen-bond acceptors (Lipinski definition) is 5. The Bertz CT molecular complexity index is 390. The van der Waals surface area contributed by atoms with Gasteiger partial charge in [0.15, 0.2) is 0 Å². The molecular formula is C12H21N5. The molecule has 1 aromatic heterocycles. The summed E-state index contributed by atoms with van der Waals surface area (Å²) in [7, 11) is 4.01. The van der Waals surface area contributed by atoms with Crippen molar-refractivity contribution in [1.82, 2.24) is 15.3 Å². The summed E-state index contributed by atoms with van der Waals surface area (Å²) < 4.78 is 0. The molecule has 1 N–H and O–H groups in total. The van der Waals surface area contributed by atoms with Crippen LogP contribution in [-0.4, -0.2) is 49.7 Å². The standard InChI is InChI=1S/C12H21N5/c1-9-8-17(6-5-13-9)12-7-11(16(3)4)14-10(2)15-12/h7,9,13H,5-6,8H2,1-4H3. The largest absolute Gasteiger partial charge is 0.363 e. The summed E-state index contributed by atoms with van der Waals surface area (Å²) in [4.78, 5) is 13.3. The molecule has 0 saturated carbocycles. The molecule has 0 aliphatic carbocycles. The van der Waals surface area contributed by atoms with Gasteiger partial charge in [-0.2, -0.15) is 0 Å². The quantitative estimate of drug-likeness (QED) is 0.815. The van der Waals surface area contributed by atoms with Crippen LogP contribution in [0.25, 0.3) is 0 Å². The minimum atomic E-state index is 0.516. The van der Waals surface area contributed by atoms with E-state index in [0.29, 0.717) is 6.04 Å². The number of rotatable bonds is 2. The number of hydrogen-bond donors (Lipinski definition) is 1. The van der Waals surface area contributed by atoms with Gasteiger partial charge in [-0.1, -0.05) is 0 Å². The monoisotopic (exact) mass is 235 g/mol. The zero-order chi connectivity index (χ0) is 12.4. The van der Waals surface area contributed by atoms with Crippen molar-refractivity contribution in [2.45, 2.75) is 19.9 Å². The SMILES string of the molecule is Cc1nc(N(C)C)cc(N2CCNC(C)C2)n1. The lowest BCUT2D eigenvalue weighted by Crippen LogP contribution is -2.49. The van der Waals surface area contributed by atoms with Gasteiger partial charge < -0.3 is 15.1 Å². The molecule has 1 saturated heterocycles. The average Bonchev–Trinajstić information content (AvgIpc) is 2.28. The van der Waals surface area contributed by atoms with E-state index in [1.54, 1.807) is 0 Å². The summed E-state index contributed by atoms with van der Waals surface area (Å²) >= 11 is 0. The molecule has 94 valence electrons. The summed E-state index contributed by atoms with van der Waals surface area (Å²) in [5.74, 6) is 2.84. The number of nitrogens with zero attached hydrogens (tertiary/aromatic N) is 4. The summed E-state index contributed by atoms with van der Waals surface area (Å²) in [5, 5.41) is 3.44. The Hall–Kier alpha value is -1.36. The van der Waals surface area contributed by atoms with Gasteiger partial charge in [0.05, 0.1) is 0 Å². The van der Waals surface area contributed by atoms with Gasteiger partial charge in [0.25, 0.3) is 0 Å². The highest BCUT2D eigenvalue weighted by Gasteiger charge is 2.18. The highest BCUT2D eigenvalue weighted by Crippen LogP contribution is 2.18. The number of aromatic nitrogens is 2. The highest BCUT2D eigenvalue weighted by molar-refractivity contribution is 5.50. The number of nitrogens with one attached hydrogen (secondary N) is 1. The summed E-state index contributed by atoms with van der Waals surface area (Å²) in [5.41, 5.74) is 0. The lowest BCUT2D eigenvalue weighted by atomic mass is 10.2. The zero-order valence-electron chi connectivity index (χ0n) is 11.1. The molecule has 1 fully saturated rings. The first kappa shape index (κ1) is 12.1. The van der Waals surface area contributed by atoms with E-state index in [4.69, 9.17) is 0 Å². The molecule has 1 unspecified atom stereocenters. The molecule has 17 heavy (non-hydrogen) atoms. The first-order valence-electron chi connectivity index (χ1n) is 6.07. The molecule has 5 heteroatoms. The predicted octanol–water partition coefficient (Wildman–Crippen LogP) is 0.649. The Morgan fingerprint density at radius 2 is 2.18 bits per heavy atom. The Balaban J connectivity index is 2.25. The molecule has 0 amide bonds. The third-order valence-corrected chi connectivity index (χ3v) is 2.96.